The first-order valence-electron chi connectivity index (χ1n) is 6.45. The Kier molecular flexibility index (Phi) is 3.98. The predicted molar refractivity (Wildman–Crippen MR) is 66.4 cm³/mol. The van der Waals surface area contributed by atoms with Crippen molar-refractivity contribution in [2.24, 2.45) is 5.41 Å². The molecule has 0 unspecified atom stereocenters. The highest BCUT2D eigenvalue weighted by atomic mass is 16.2. The number of carbonyl (C=O) groups is 1. The highest BCUT2D eigenvalue weighted by molar-refractivity contribution is 5.85. The minimum absolute atomic E-state index is 0.115. The van der Waals surface area contributed by atoms with Gasteiger partial charge < -0.3 is 10.3 Å². The normalized spacial score (nSPS) is 17.9. The Morgan fingerprint density at radius 3 is 2.89 bits per heavy atom. The van der Waals surface area contributed by atoms with E-state index in [0.29, 0.717) is 25.8 Å². The molecule has 5 nitrogen and oxygen atoms in total. The minimum atomic E-state index is -0.790. The lowest BCUT2D eigenvalue weighted by molar-refractivity contribution is -0.129. The van der Waals surface area contributed by atoms with Crippen LogP contribution in [-0.2, 0) is 11.2 Å². The molecule has 18 heavy (non-hydrogen) atoms. The van der Waals surface area contributed by atoms with Crippen LogP contribution in [0, 0.1) is 16.7 Å². The number of nitriles is 1. The van der Waals surface area contributed by atoms with Crippen molar-refractivity contribution in [3.05, 3.63) is 18.2 Å². The van der Waals surface area contributed by atoms with Crippen LogP contribution < -0.4 is 5.32 Å². The van der Waals surface area contributed by atoms with Crippen LogP contribution >= 0.6 is 0 Å². The summed E-state index contributed by atoms with van der Waals surface area (Å²) in [6, 6.07) is 2.23. The van der Waals surface area contributed by atoms with Crippen LogP contribution in [-0.4, -0.2) is 22.4 Å². The van der Waals surface area contributed by atoms with Gasteiger partial charge >= 0.3 is 0 Å². The molecule has 1 aliphatic carbocycles. The zero-order chi connectivity index (χ0) is 12.8. The maximum Gasteiger partial charge on any atom is 0.240 e. The summed E-state index contributed by atoms with van der Waals surface area (Å²) in [5, 5.41) is 12.1. The molecule has 1 aromatic rings. The molecule has 1 amide bonds. The second-order valence-electron chi connectivity index (χ2n) is 4.80. The Balaban J connectivity index is 1.84. The summed E-state index contributed by atoms with van der Waals surface area (Å²) in [6.45, 7) is 0.524. The fourth-order valence-electron chi connectivity index (χ4n) is 2.44. The number of aromatic amines is 1. The number of imidazole rings is 1. The number of hydrogen-bond acceptors (Lipinski definition) is 3. The first-order valence-corrected chi connectivity index (χ1v) is 6.45. The van der Waals surface area contributed by atoms with Gasteiger partial charge in [-0.1, -0.05) is 19.3 Å². The summed E-state index contributed by atoms with van der Waals surface area (Å²) in [4.78, 5) is 19.2. The van der Waals surface area contributed by atoms with Gasteiger partial charge in [-0.05, 0) is 12.8 Å². The van der Waals surface area contributed by atoms with Gasteiger partial charge in [0.25, 0.3) is 0 Å². The molecule has 1 aromatic heterocycles. The third kappa shape index (κ3) is 2.70. The average molecular weight is 246 g/mol. The third-order valence-corrected chi connectivity index (χ3v) is 3.56. The van der Waals surface area contributed by atoms with E-state index in [-0.39, 0.29) is 5.91 Å². The molecule has 1 saturated carbocycles. The van der Waals surface area contributed by atoms with Gasteiger partial charge in [-0.2, -0.15) is 5.26 Å². The lowest BCUT2D eigenvalue weighted by Crippen LogP contribution is -2.42. The van der Waals surface area contributed by atoms with Crippen molar-refractivity contribution < 1.29 is 4.79 Å². The molecule has 0 aliphatic heterocycles. The smallest absolute Gasteiger partial charge is 0.240 e. The summed E-state index contributed by atoms with van der Waals surface area (Å²) in [5.74, 6) is 0.737. The van der Waals surface area contributed by atoms with Crippen molar-refractivity contribution in [3.8, 4) is 6.07 Å². The Morgan fingerprint density at radius 2 is 2.28 bits per heavy atom. The number of nitrogens with zero attached hydrogens (tertiary/aromatic N) is 2. The Bertz CT molecular complexity index is 426. The van der Waals surface area contributed by atoms with Crippen molar-refractivity contribution in [3.63, 3.8) is 0 Å². The SMILES string of the molecule is N#CC1(C(=O)NCCc2ncc[nH]2)CCCCC1. The Morgan fingerprint density at radius 1 is 1.50 bits per heavy atom. The zero-order valence-corrected chi connectivity index (χ0v) is 10.4. The quantitative estimate of drug-likeness (QED) is 0.845. The molecule has 96 valence electrons. The van der Waals surface area contributed by atoms with Crippen molar-refractivity contribution in [2.45, 2.75) is 38.5 Å². The van der Waals surface area contributed by atoms with Gasteiger partial charge in [-0.3, -0.25) is 4.79 Å². The lowest BCUT2D eigenvalue weighted by atomic mass is 9.74. The number of nitrogens with one attached hydrogen (secondary N) is 2. The van der Waals surface area contributed by atoms with Gasteiger partial charge in [-0.15, -0.1) is 0 Å². The molecule has 2 rings (SSSR count). The zero-order valence-electron chi connectivity index (χ0n) is 10.4. The number of H-pyrrole nitrogens is 1. The molecule has 1 aliphatic rings. The number of carbonyl (C=O) groups excluding carboxylic acids is 1. The minimum Gasteiger partial charge on any atom is -0.354 e. The lowest BCUT2D eigenvalue weighted by Gasteiger charge is -2.29. The van der Waals surface area contributed by atoms with E-state index in [1.54, 1.807) is 12.4 Å². The average Bonchev–Trinajstić information content (AvgIpc) is 2.92. The first kappa shape index (κ1) is 12.6. The predicted octanol–water partition coefficient (Wildman–Crippen LogP) is 1.54. The van der Waals surface area contributed by atoms with Gasteiger partial charge in [0.2, 0.25) is 5.91 Å². The maximum absolute atomic E-state index is 12.1. The van der Waals surface area contributed by atoms with Crippen LogP contribution in [0.5, 0.6) is 0 Å². The number of aromatic nitrogens is 2. The van der Waals surface area contributed by atoms with Crippen LogP contribution in [0.3, 0.4) is 0 Å². The molecule has 2 N–H and O–H groups in total. The molecule has 1 fully saturated rings. The summed E-state index contributed by atoms with van der Waals surface area (Å²) in [6.07, 6.45) is 8.57. The maximum atomic E-state index is 12.1. The molecule has 0 bridgehead atoms. The van der Waals surface area contributed by atoms with E-state index in [1.165, 1.54) is 0 Å². The summed E-state index contributed by atoms with van der Waals surface area (Å²) in [7, 11) is 0. The molecule has 0 saturated heterocycles. The summed E-state index contributed by atoms with van der Waals surface area (Å²) >= 11 is 0. The third-order valence-electron chi connectivity index (χ3n) is 3.56. The monoisotopic (exact) mass is 246 g/mol. The second-order valence-corrected chi connectivity index (χ2v) is 4.80. The standard InChI is InChI=1S/C13H18N4O/c14-10-13(5-2-1-3-6-13)12(18)17-7-4-11-15-8-9-16-11/h8-9H,1-7H2,(H,15,16)(H,17,18). The van der Waals surface area contributed by atoms with Gasteiger partial charge in [0.15, 0.2) is 0 Å². The first-order chi connectivity index (χ1) is 8.77. The van der Waals surface area contributed by atoms with E-state index < -0.39 is 5.41 Å². The van der Waals surface area contributed by atoms with Crippen molar-refractivity contribution in [2.75, 3.05) is 6.54 Å². The molecule has 1 heterocycles. The van der Waals surface area contributed by atoms with E-state index in [0.717, 1.165) is 25.1 Å². The highest BCUT2D eigenvalue weighted by Crippen LogP contribution is 2.35. The fraction of sp³-hybridized carbons (Fsp3) is 0.615. The summed E-state index contributed by atoms with van der Waals surface area (Å²) in [5.41, 5.74) is -0.790. The molecule has 0 aromatic carbocycles. The van der Waals surface area contributed by atoms with E-state index >= 15 is 0 Å². The number of amides is 1. The molecule has 0 spiro atoms. The molecular weight excluding hydrogens is 228 g/mol. The second kappa shape index (κ2) is 5.67. The Labute approximate surface area is 107 Å². The van der Waals surface area contributed by atoms with Crippen LogP contribution in [0.1, 0.15) is 37.9 Å². The van der Waals surface area contributed by atoms with E-state index in [1.807, 2.05) is 0 Å². The molecule has 0 radical (unpaired) electrons. The largest absolute Gasteiger partial charge is 0.354 e. The van der Waals surface area contributed by atoms with E-state index in [2.05, 4.69) is 21.4 Å². The van der Waals surface area contributed by atoms with Crippen LogP contribution in [0.4, 0.5) is 0 Å². The van der Waals surface area contributed by atoms with Gasteiger partial charge in [0.05, 0.1) is 6.07 Å². The highest BCUT2D eigenvalue weighted by Gasteiger charge is 2.39. The number of hydrogen-bond donors (Lipinski definition) is 2. The van der Waals surface area contributed by atoms with Crippen molar-refractivity contribution in [1.29, 1.82) is 5.26 Å². The van der Waals surface area contributed by atoms with E-state index in [9.17, 15) is 10.1 Å². The Hall–Kier alpha value is -1.83. The number of rotatable bonds is 4. The van der Waals surface area contributed by atoms with Crippen LogP contribution in [0.2, 0.25) is 0 Å². The molecular formula is C13H18N4O. The van der Waals surface area contributed by atoms with Gasteiger partial charge in [-0.25, -0.2) is 4.98 Å². The van der Waals surface area contributed by atoms with Gasteiger partial charge in [0, 0.05) is 25.4 Å². The van der Waals surface area contributed by atoms with Crippen molar-refractivity contribution in [1.82, 2.24) is 15.3 Å². The molecule has 5 heteroatoms. The fourth-order valence-corrected chi connectivity index (χ4v) is 2.44. The summed E-state index contributed by atoms with van der Waals surface area (Å²) < 4.78 is 0. The van der Waals surface area contributed by atoms with Gasteiger partial charge in [0.1, 0.15) is 11.2 Å². The van der Waals surface area contributed by atoms with Crippen molar-refractivity contribution >= 4 is 5.91 Å². The van der Waals surface area contributed by atoms with Crippen LogP contribution in [0.25, 0.3) is 0 Å². The molecule has 0 atom stereocenters. The van der Waals surface area contributed by atoms with Crippen LogP contribution in [0.15, 0.2) is 12.4 Å². The topological polar surface area (TPSA) is 81.6 Å². The van der Waals surface area contributed by atoms with E-state index in [4.69, 9.17) is 0 Å².